The third-order valence-electron chi connectivity index (χ3n) is 3.92. The molecule has 23 heavy (non-hydrogen) atoms. The van der Waals surface area contributed by atoms with Crippen LogP contribution in [0.2, 0.25) is 0 Å². The third-order valence-corrected chi connectivity index (χ3v) is 3.92. The number of rotatable bonds is 8. The van der Waals surface area contributed by atoms with Crippen LogP contribution in [0.4, 0.5) is 0 Å². The molecule has 0 spiro atoms. The number of nitrogens with zero attached hydrogens (tertiary/aromatic N) is 1. The predicted octanol–water partition coefficient (Wildman–Crippen LogP) is 1.99. The normalized spacial score (nSPS) is 23.9. The Morgan fingerprint density at radius 3 is 2.70 bits per heavy atom. The molecule has 3 atom stereocenters. The Kier molecular flexibility index (Phi) is 7.81. The Bertz CT molecular complexity index is 473. The molecule has 1 saturated heterocycles. The summed E-state index contributed by atoms with van der Waals surface area (Å²) in [4.78, 5) is 24.8. The molecular formula is C17H28N2O4. The van der Waals surface area contributed by atoms with E-state index in [1.165, 1.54) is 6.92 Å². The van der Waals surface area contributed by atoms with Crippen molar-refractivity contribution in [1.82, 2.24) is 10.2 Å². The Morgan fingerprint density at radius 2 is 2.17 bits per heavy atom. The van der Waals surface area contributed by atoms with E-state index in [0.717, 1.165) is 0 Å². The van der Waals surface area contributed by atoms with Gasteiger partial charge in [-0.05, 0) is 26.2 Å². The molecule has 130 valence electrons. The lowest BCUT2D eigenvalue weighted by molar-refractivity contribution is -0.142. The number of carboxylic acid groups (broad SMARTS) is 1. The zero-order chi connectivity index (χ0) is 17.4. The highest BCUT2D eigenvalue weighted by Gasteiger charge is 2.36. The molecule has 1 unspecified atom stereocenters. The van der Waals surface area contributed by atoms with Crippen LogP contribution in [0.3, 0.4) is 0 Å². The number of allylic oxidation sites excluding steroid dienone is 1. The zero-order valence-electron chi connectivity index (χ0n) is 14.4. The zero-order valence-corrected chi connectivity index (χ0v) is 14.4. The maximum Gasteiger partial charge on any atom is 0.320 e. The summed E-state index contributed by atoms with van der Waals surface area (Å²) in [5, 5.41) is 12.2. The van der Waals surface area contributed by atoms with Crippen LogP contribution in [-0.4, -0.2) is 47.6 Å². The maximum atomic E-state index is 11.5. The molecule has 1 amide bonds. The molecule has 1 heterocycles. The van der Waals surface area contributed by atoms with Gasteiger partial charge in [0.15, 0.2) is 0 Å². The summed E-state index contributed by atoms with van der Waals surface area (Å²) >= 11 is 0. The number of ether oxygens (including phenoxy) is 1. The third kappa shape index (κ3) is 6.06. The van der Waals surface area contributed by atoms with Crippen molar-refractivity contribution in [3.05, 3.63) is 24.1 Å². The van der Waals surface area contributed by atoms with E-state index in [1.54, 1.807) is 6.26 Å². The lowest BCUT2D eigenvalue weighted by Gasteiger charge is -2.26. The van der Waals surface area contributed by atoms with E-state index in [2.05, 4.69) is 11.4 Å². The number of aliphatic carboxylic acids is 1. The second kappa shape index (κ2) is 9.35. The summed E-state index contributed by atoms with van der Waals surface area (Å²) in [5.74, 6) is -0.727. The van der Waals surface area contributed by atoms with Gasteiger partial charge in [0, 0.05) is 25.9 Å². The van der Waals surface area contributed by atoms with E-state index in [0.29, 0.717) is 31.8 Å². The number of carbonyl (C=O) groups excluding carboxylic acids is 1. The Labute approximate surface area is 138 Å². The molecular weight excluding hydrogens is 296 g/mol. The van der Waals surface area contributed by atoms with Crippen LogP contribution in [0.15, 0.2) is 24.1 Å². The average molecular weight is 324 g/mol. The van der Waals surface area contributed by atoms with Gasteiger partial charge in [0.05, 0.1) is 12.3 Å². The molecule has 1 fully saturated rings. The molecule has 0 bridgehead atoms. The monoisotopic (exact) mass is 324 g/mol. The fourth-order valence-electron chi connectivity index (χ4n) is 2.90. The molecule has 6 heteroatoms. The van der Waals surface area contributed by atoms with Gasteiger partial charge in [-0.25, -0.2) is 0 Å². The van der Waals surface area contributed by atoms with Crippen LogP contribution in [0.5, 0.6) is 0 Å². The van der Waals surface area contributed by atoms with E-state index in [9.17, 15) is 14.7 Å². The molecule has 2 N–H and O–H groups in total. The van der Waals surface area contributed by atoms with Gasteiger partial charge >= 0.3 is 5.97 Å². The van der Waals surface area contributed by atoms with Gasteiger partial charge < -0.3 is 15.2 Å². The summed E-state index contributed by atoms with van der Waals surface area (Å²) < 4.78 is 5.29. The highest BCUT2D eigenvalue weighted by Crippen LogP contribution is 2.26. The Morgan fingerprint density at radius 1 is 1.48 bits per heavy atom. The first-order chi connectivity index (χ1) is 10.9. The molecule has 1 rings (SSSR count). The second-order valence-electron chi connectivity index (χ2n) is 5.94. The summed E-state index contributed by atoms with van der Waals surface area (Å²) in [7, 11) is 0. The van der Waals surface area contributed by atoms with Gasteiger partial charge in [0.1, 0.15) is 12.3 Å². The second-order valence-corrected chi connectivity index (χ2v) is 5.94. The van der Waals surface area contributed by atoms with Gasteiger partial charge in [-0.2, -0.15) is 0 Å². The van der Waals surface area contributed by atoms with E-state index in [4.69, 9.17) is 4.74 Å². The van der Waals surface area contributed by atoms with Crippen molar-refractivity contribution < 1.29 is 19.4 Å². The van der Waals surface area contributed by atoms with Crippen molar-refractivity contribution in [3.8, 4) is 0 Å². The number of carbonyl (C=O) groups is 2. The van der Waals surface area contributed by atoms with Gasteiger partial charge in [-0.3, -0.25) is 14.5 Å². The highest BCUT2D eigenvalue weighted by atomic mass is 16.5. The largest absolute Gasteiger partial charge is 0.500 e. The van der Waals surface area contributed by atoms with Crippen molar-refractivity contribution >= 4 is 11.9 Å². The van der Waals surface area contributed by atoms with Crippen molar-refractivity contribution in [2.24, 2.45) is 11.8 Å². The topological polar surface area (TPSA) is 78.9 Å². The standard InChI is InChI=1S/C17H28N2O4/c1-5-7-14-8-16(17(21)22)19(10-14)9-12(3)15(11-23-6-2)18-13(4)20/h5,7,11-12,14,16H,6,8-10H2,1-4H3,(H,18,20)(H,21,22)/t12?,14-,16-/m1/s1. The number of hydrogen-bond acceptors (Lipinski definition) is 4. The van der Waals surface area contributed by atoms with Crippen LogP contribution in [0, 0.1) is 11.8 Å². The van der Waals surface area contributed by atoms with Gasteiger partial charge in [-0.15, -0.1) is 0 Å². The van der Waals surface area contributed by atoms with Crippen molar-refractivity contribution in [1.29, 1.82) is 0 Å². The lowest BCUT2D eigenvalue weighted by Crippen LogP contribution is -2.40. The molecule has 0 radical (unpaired) electrons. The first-order valence-corrected chi connectivity index (χ1v) is 8.07. The molecule has 6 nitrogen and oxygen atoms in total. The first-order valence-electron chi connectivity index (χ1n) is 8.07. The van der Waals surface area contributed by atoms with Crippen LogP contribution in [0.1, 0.15) is 34.1 Å². The van der Waals surface area contributed by atoms with E-state index < -0.39 is 12.0 Å². The minimum atomic E-state index is -0.793. The quantitative estimate of drug-likeness (QED) is 0.527. The molecule has 0 aromatic rings. The number of amides is 1. The molecule has 0 saturated carbocycles. The smallest absolute Gasteiger partial charge is 0.320 e. The maximum absolute atomic E-state index is 11.5. The fraction of sp³-hybridized carbons (Fsp3) is 0.647. The van der Waals surface area contributed by atoms with E-state index in [-0.39, 0.29) is 17.7 Å². The molecule has 1 aliphatic rings. The lowest BCUT2D eigenvalue weighted by atomic mass is 10.1. The molecule has 0 aromatic carbocycles. The predicted molar refractivity (Wildman–Crippen MR) is 88.6 cm³/mol. The number of carboxylic acids is 1. The van der Waals surface area contributed by atoms with E-state index >= 15 is 0 Å². The first kappa shape index (κ1) is 19.2. The van der Waals surface area contributed by atoms with Crippen LogP contribution < -0.4 is 5.32 Å². The van der Waals surface area contributed by atoms with Gasteiger partial charge in [0.25, 0.3) is 0 Å². The Hall–Kier alpha value is -1.82. The van der Waals surface area contributed by atoms with E-state index in [1.807, 2.05) is 31.7 Å². The molecule has 0 aliphatic carbocycles. The van der Waals surface area contributed by atoms with Crippen molar-refractivity contribution in [3.63, 3.8) is 0 Å². The van der Waals surface area contributed by atoms with Gasteiger partial charge in [0.2, 0.25) is 5.91 Å². The van der Waals surface area contributed by atoms with Crippen molar-refractivity contribution in [2.75, 3.05) is 19.7 Å². The SMILES string of the molecule is CC=C[C@@H]1C[C@H](C(=O)O)N(CC(C)C(=COCC)NC(C)=O)C1. The highest BCUT2D eigenvalue weighted by molar-refractivity contribution is 5.75. The fourth-order valence-corrected chi connectivity index (χ4v) is 2.90. The minimum Gasteiger partial charge on any atom is -0.500 e. The van der Waals surface area contributed by atoms with Crippen LogP contribution in [0.25, 0.3) is 0 Å². The van der Waals surface area contributed by atoms with Crippen LogP contribution in [-0.2, 0) is 14.3 Å². The minimum absolute atomic E-state index is 0.0309. The number of hydrogen-bond donors (Lipinski definition) is 2. The molecule has 0 aromatic heterocycles. The number of nitrogens with one attached hydrogen (secondary N) is 1. The summed E-state index contributed by atoms with van der Waals surface area (Å²) in [6, 6.07) is -0.482. The van der Waals surface area contributed by atoms with Gasteiger partial charge in [-0.1, -0.05) is 19.1 Å². The van der Waals surface area contributed by atoms with Crippen LogP contribution >= 0.6 is 0 Å². The summed E-state index contributed by atoms with van der Waals surface area (Å²) in [6.07, 6.45) is 6.21. The summed E-state index contributed by atoms with van der Waals surface area (Å²) in [6.45, 7) is 9.02. The number of likely N-dealkylation sites (tertiary alicyclic amines) is 1. The average Bonchev–Trinajstić information content (AvgIpc) is 2.86. The molecule has 1 aliphatic heterocycles. The summed E-state index contributed by atoms with van der Waals surface area (Å²) in [5.41, 5.74) is 0.679. The Balaban J connectivity index is 2.80. The van der Waals surface area contributed by atoms with Crippen molar-refractivity contribution in [2.45, 2.75) is 40.2 Å².